The SMILES string of the molecule is COc1cc(F)c(C(N)c2cc(Cl)sc2Cl)cc1OC. The summed E-state index contributed by atoms with van der Waals surface area (Å²) in [6, 6.07) is 3.64. The molecule has 3 nitrogen and oxygen atoms in total. The van der Waals surface area contributed by atoms with E-state index in [2.05, 4.69) is 0 Å². The molecule has 0 aliphatic heterocycles. The van der Waals surface area contributed by atoms with Crippen molar-refractivity contribution in [1.82, 2.24) is 0 Å². The highest BCUT2D eigenvalue weighted by atomic mass is 35.5. The van der Waals surface area contributed by atoms with Gasteiger partial charge in [0.15, 0.2) is 11.5 Å². The number of benzene rings is 1. The zero-order chi connectivity index (χ0) is 14.9. The summed E-state index contributed by atoms with van der Waals surface area (Å²) in [7, 11) is 2.91. The van der Waals surface area contributed by atoms with Gasteiger partial charge >= 0.3 is 0 Å². The molecule has 1 aromatic heterocycles. The van der Waals surface area contributed by atoms with Gasteiger partial charge in [-0.2, -0.15) is 0 Å². The molecule has 0 amide bonds. The first kappa shape index (κ1) is 15.4. The van der Waals surface area contributed by atoms with E-state index in [1.54, 1.807) is 6.07 Å². The Kier molecular flexibility index (Phi) is 4.75. The first-order valence-electron chi connectivity index (χ1n) is 5.59. The molecule has 0 aliphatic rings. The molecule has 0 saturated heterocycles. The average molecular weight is 336 g/mol. The minimum Gasteiger partial charge on any atom is -0.493 e. The van der Waals surface area contributed by atoms with Crippen LogP contribution in [-0.4, -0.2) is 14.2 Å². The van der Waals surface area contributed by atoms with Crippen LogP contribution in [0.3, 0.4) is 0 Å². The number of ether oxygens (including phenoxy) is 2. The maximum atomic E-state index is 14.1. The van der Waals surface area contributed by atoms with Crippen LogP contribution in [0.4, 0.5) is 4.39 Å². The van der Waals surface area contributed by atoms with E-state index >= 15 is 0 Å². The molecule has 1 heterocycles. The summed E-state index contributed by atoms with van der Waals surface area (Å²) in [6.45, 7) is 0. The predicted molar refractivity (Wildman–Crippen MR) is 79.9 cm³/mol. The number of thiophene rings is 1. The van der Waals surface area contributed by atoms with Crippen LogP contribution >= 0.6 is 34.5 Å². The first-order valence-corrected chi connectivity index (χ1v) is 7.17. The molecule has 1 unspecified atom stereocenters. The Morgan fingerprint density at radius 2 is 1.70 bits per heavy atom. The summed E-state index contributed by atoms with van der Waals surface area (Å²) in [5.74, 6) is 0.209. The summed E-state index contributed by atoms with van der Waals surface area (Å²) < 4.78 is 25.3. The number of hydrogen-bond acceptors (Lipinski definition) is 4. The summed E-state index contributed by atoms with van der Waals surface area (Å²) >= 11 is 13.1. The molecule has 0 bridgehead atoms. The number of halogens is 3. The minimum atomic E-state index is -0.731. The normalized spacial score (nSPS) is 12.3. The van der Waals surface area contributed by atoms with Crippen LogP contribution in [0.2, 0.25) is 8.67 Å². The smallest absolute Gasteiger partial charge is 0.163 e. The maximum absolute atomic E-state index is 14.1. The van der Waals surface area contributed by atoms with Gasteiger partial charge in [-0.15, -0.1) is 11.3 Å². The Balaban J connectivity index is 2.49. The van der Waals surface area contributed by atoms with Crippen molar-refractivity contribution in [1.29, 1.82) is 0 Å². The highest BCUT2D eigenvalue weighted by Gasteiger charge is 2.21. The van der Waals surface area contributed by atoms with E-state index in [0.717, 1.165) is 0 Å². The summed E-state index contributed by atoms with van der Waals surface area (Å²) in [4.78, 5) is 0. The van der Waals surface area contributed by atoms with Crippen molar-refractivity contribution in [2.24, 2.45) is 5.73 Å². The molecule has 7 heteroatoms. The number of nitrogens with two attached hydrogens (primary N) is 1. The lowest BCUT2D eigenvalue weighted by atomic mass is 10.0. The maximum Gasteiger partial charge on any atom is 0.163 e. The molecule has 0 aliphatic carbocycles. The fourth-order valence-electron chi connectivity index (χ4n) is 1.84. The van der Waals surface area contributed by atoms with Gasteiger partial charge in [-0.1, -0.05) is 23.2 Å². The summed E-state index contributed by atoms with van der Waals surface area (Å²) in [5, 5.41) is 0. The third-order valence-corrected chi connectivity index (χ3v) is 4.37. The lowest BCUT2D eigenvalue weighted by Crippen LogP contribution is -2.13. The fraction of sp³-hybridized carbons (Fsp3) is 0.231. The highest BCUT2D eigenvalue weighted by molar-refractivity contribution is 7.20. The standard InChI is InChI=1S/C13H12Cl2FNO2S/c1-18-9-3-6(8(16)5-10(9)19-2)12(17)7-4-11(14)20-13(7)15/h3-5,12H,17H2,1-2H3. The quantitative estimate of drug-likeness (QED) is 0.907. The van der Waals surface area contributed by atoms with Crippen LogP contribution in [-0.2, 0) is 0 Å². The van der Waals surface area contributed by atoms with Crippen molar-refractivity contribution < 1.29 is 13.9 Å². The van der Waals surface area contributed by atoms with Gasteiger partial charge in [-0.25, -0.2) is 4.39 Å². The Morgan fingerprint density at radius 1 is 1.10 bits per heavy atom. The average Bonchev–Trinajstić information content (AvgIpc) is 2.76. The Hall–Kier alpha value is -1.01. The second kappa shape index (κ2) is 6.18. The Labute approximate surface area is 130 Å². The van der Waals surface area contributed by atoms with Crippen molar-refractivity contribution >= 4 is 34.5 Å². The summed E-state index contributed by atoms with van der Waals surface area (Å²) in [6.07, 6.45) is 0. The molecule has 108 valence electrons. The van der Waals surface area contributed by atoms with Crippen LogP contribution in [0.15, 0.2) is 18.2 Å². The van der Waals surface area contributed by atoms with Crippen LogP contribution in [0.1, 0.15) is 17.2 Å². The molecule has 0 spiro atoms. The van der Waals surface area contributed by atoms with E-state index in [-0.39, 0.29) is 5.56 Å². The fourth-order valence-corrected chi connectivity index (χ4v) is 3.39. The number of rotatable bonds is 4. The van der Waals surface area contributed by atoms with E-state index in [0.29, 0.717) is 25.7 Å². The molecule has 0 saturated carbocycles. The molecule has 0 radical (unpaired) electrons. The minimum absolute atomic E-state index is 0.263. The van der Waals surface area contributed by atoms with Crippen molar-refractivity contribution in [3.8, 4) is 11.5 Å². The van der Waals surface area contributed by atoms with E-state index in [9.17, 15) is 4.39 Å². The van der Waals surface area contributed by atoms with Gasteiger partial charge < -0.3 is 15.2 Å². The monoisotopic (exact) mass is 335 g/mol. The molecule has 2 N–H and O–H groups in total. The van der Waals surface area contributed by atoms with E-state index in [1.165, 1.54) is 37.7 Å². The Morgan fingerprint density at radius 3 is 2.20 bits per heavy atom. The molecule has 20 heavy (non-hydrogen) atoms. The van der Waals surface area contributed by atoms with Gasteiger partial charge in [0.1, 0.15) is 5.82 Å². The molecule has 1 aromatic carbocycles. The molecular formula is C13H12Cl2FNO2S. The van der Waals surface area contributed by atoms with Gasteiger partial charge in [0.05, 0.1) is 28.9 Å². The lowest BCUT2D eigenvalue weighted by Gasteiger charge is -2.15. The van der Waals surface area contributed by atoms with E-state index in [4.69, 9.17) is 38.4 Å². The topological polar surface area (TPSA) is 44.5 Å². The van der Waals surface area contributed by atoms with Crippen LogP contribution < -0.4 is 15.2 Å². The molecule has 2 rings (SSSR count). The van der Waals surface area contributed by atoms with Gasteiger partial charge in [-0.3, -0.25) is 0 Å². The van der Waals surface area contributed by atoms with Crippen LogP contribution in [0, 0.1) is 5.82 Å². The van der Waals surface area contributed by atoms with Gasteiger partial charge in [-0.05, 0) is 12.1 Å². The molecule has 0 fully saturated rings. The van der Waals surface area contributed by atoms with Crippen molar-refractivity contribution in [3.05, 3.63) is 43.8 Å². The first-order chi connectivity index (χ1) is 9.47. The summed E-state index contributed by atoms with van der Waals surface area (Å²) in [5.41, 5.74) is 6.91. The van der Waals surface area contributed by atoms with Gasteiger partial charge in [0.2, 0.25) is 0 Å². The largest absolute Gasteiger partial charge is 0.493 e. The van der Waals surface area contributed by atoms with Gasteiger partial charge in [0, 0.05) is 17.2 Å². The molecule has 2 aromatic rings. The zero-order valence-electron chi connectivity index (χ0n) is 10.7. The van der Waals surface area contributed by atoms with Crippen LogP contribution in [0.25, 0.3) is 0 Å². The second-order valence-electron chi connectivity index (χ2n) is 3.99. The number of methoxy groups -OCH3 is 2. The molecule has 1 atom stereocenters. The second-order valence-corrected chi connectivity index (χ2v) is 6.27. The van der Waals surface area contributed by atoms with E-state index in [1.807, 2.05) is 0 Å². The molecular weight excluding hydrogens is 324 g/mol. The van der Waals surface area contributed by atoms with Crippen LogP contribution in [0.5, 0.6) is 11.5 Å². The highest BCUT2D eigenvalue weighted by Crippen LogP contribution is 2.39. The van der Waals surface area contributed by atoms with Crippen molar-refractivity contribution in [2.75, 3.05) is 14.2 Å². The van der Waals surface area contributed by atoms with Gasteiger partial charge in [0.25, 0.3) is 0 Å². The Bertz CT molecular complexity index is 633. The predicted octanol–water partition coefficient (Wildman–Crippen LogP) is 4.26. The van der Waals surface area contributed by atoms with Crippen molar-refractivity contribution in [3.63, 3.8) is 0 Å². The third kappa shape index (κ3) is 2.86. The number of hydrogen-bond donors (Lipinski definition) is 1. The third-order valence-electron chi connectivity index (χ3n) is 2.86. The lowest BCUT2D eigenvalue weighted by molar-refractivity contribution is 0.351. The van der Waals surface area contributed by atoms with E-state index < -0.39 is 11.9 Å². The van der Waals surface area contributed by atoms with Crippen molar-refractivity contribution in [2.45, 2.75) is 6.04 Å². The zero-order valence-corrected chi connectivity index (χ0v) is 13.1.